The lowest BCUT2D eigenvalue weighted by atomic mass is 10.1. The van der Waals surface area contributed by atoms with Crippen LogP contribution in [0, 0.1) is 18.8 Å². The van der Waals surface area contributed by atoms with E-state index in [1.165, 1.54) is 11.1 Å². The first-order chi connectivity index (χ1) is 8.15. The molecule has 1 aromatic heterocycles. The maximum atomic E-state index is 4.44. The Kier molecular flexibility index (Phi) is 4.71. The molecular weight excluding hydrogens is 210 g/mol. The molecule has 3 heteroatoms. The third-order valence-electron chi connectivity index (χ3n) is 2.70. The van der Waals surface area contributed by atoms with Crippen molar-refractivity contribution >= 4 is 11.7 Å². The first-order valence-corrected chi connectivity index (χ1v) is 5.73. The Balaban J connectivity index is 3.23. The zero-order valence-electron chi connectivity index (χ0n) is 11.2. The molecule has 0 aliphatic carbocycles. The molecule has 0 radical (unpaired) electrons. The molecule has 0 spiro atoms. The topological polar surface area (TPSA) is 28.5 Å². The van der Waals surface area contributed by atoms with Crippen LogP contribution in [0.4, 0.5) is 5.82 Å². The van der Waals surface area contributed by atoms with E-state index >= 15 is 0 Å². The molecule has 0 amide bonds. The minimum Gasteiger partial charge on any atom is -0.307 e. The second-order valence-electron chi connectivity index (χ2n) is 3.76. The molecule has 0 saturated heterocycles. The van der Waals surface area contributed by atoms with Crippen LogP contribution in [0.3, 0.4) is 0 Å². The third-order valence-corrected chi connectivity index (χ3v) is 2.70. The van der Waals surface area contributed by atoms with Crippen molar-refractivity contribution in [3.05, 3.63) is 23.4 Å². The van der Waals surface area contributed by atoms with Gasteiger partial charge in [0, 0.05) is 20.3 Å². The number of amidine groups is 1. The van der Waals surface area contributed by atoms with Crippen LogP contribution in [-0.4, -0.2) is 24.9 Å². The van der Waals surface area contributed by atoms with E-state index in [1.54, 1.807) is 7.05 Å². The van der Waals surface area contributed by atoms with Crippen LogP contribution in [0.5, 0.6) is 0 Å². The van der Waals surface area contributed by atoms with Gasteiger partial charge in [0.1, 0.15) is 5.82 Å². The molecule has 0 bridgehead atoms. The van der Waals surface area contributed by atoms with Crippen LogP contribution in [0.25, 0.3) is 0 Å². The van der Waals surface area contributed by atoms with Crippen molar-refractivity contribution in [2.45, 2.75) is 27.2 Å². The van der Waals surface area contributed by atoms with Gasteiger partial charge in [-0.2, -0.15) is 0 Å². The largest absolute Gasteiger partial charge is 0.307 e. The average molecular weight is 229 g/mol. The summed E-state index contributed by atoms with van der Waals surface area (Å²) in [5.41, 5.74) is 2.50. The Labute approximate surface area is 104 Å². The lowest BCUT2D eigenvalue weighted by Gasteiger charge is -2.20. The van der Waals surface area contributed by atoms with Crippen molar-refractivity contribution in [1.29, 1.82) is 0 Å². The van der Waals surface area contributed by atoms with E-state index < -0.39 is 0 Å². The molecule has 1 aromatic rings. The zero-order chi connectivity index (χ0) is 12.8. The summed E-state index contributed by atoms with van der Waals surface area (Å²) < 4.78 is 0. The Morgan fingerprint density at radius 3 is 2.76 bits per heavy atom. The van der Waals surface area contributed by atoms with Crippen LogP contribution in [0.1, 0.15) is 25.0 Å². The predicted molar refractivity (Wildman–Crippen MR) is 73.6 cm³/mol. The second kappa shape index (κ2) is 6.05. The van der Waals surface area contributed by atoms with Gasteiger partial charge in [0.15, 0.2) is 5.84 Å². The van der Waals surface area contributed by atoms with Crippen molar-refractivity contribution in [3.8, 4) is 11.8 Å². The number of aryl methyl sites for hydroxylation is 1. The smallest absolute Gasteiger partial charge is 0.181 e. The fraction of sp³-hybridized carbons (Fsp3) is 0.429. The van der Waals surface area contributed by atoms with Crippen molar-refractivity contribution in [2.75, 3.05) is 19.0 Å². The first kappa shape index (κ1) is 13.2. The highest BCUT2D eigenvalue weighted by Gasteiger charge is 2.12. The number of hydrogen-bond acceptors (Lipinski definition) is 2. The number of pyridine rings is 1. The minimum absolute atomic E-state index is 0.736. The fourth-order valence-electron chi connectivity index (χ4n) is 1.80. The van der Waals surface area contributed by atoms with E-state index in [0.717, 1.165) is 18.1 Å². The van der Waals surface area contributed by atoms with Gasteiger partial charge >= 0.3 is 0 Å². The molecule has 17 heavy (non-hydrogen) atoms. The monoisotopic (exact) mass is 229 g/mol. The van der Waals surface area contributed by atoms with Crippen molar-refractivity contribution in [2.24, 2.45) is 4.99 Å². The summed E-state index contributed by atoms with van der Waals surface area (Å²) in [5.74, 6) is 7.54. The lowest BCUT2D eigenvalue weighted by Crippen LogP contribution is -2.27. The quantitative estimate of drug-likeness (QED) is 0.443. The standard InChI is InChI=1S/C14H19N3/c1-6-8-13(15-4)17(5)14-12(7-2)11(3)9-10-16-14/h9-10H,7H2,1-5H3. The Morgan fingerprint density at radius 2 is 2.24 bits per heavy atom. The molecule has 3 nitrogen and oxygen atoms in total. The fourth-order valence-corrected chi connectivity index (χ4v) is 1.80. The summed E-state index contributed by atoms with van der Waals surface area (Å²) in [7, 11) is 3.70. The maximum absolute atomic E-state index is 4.44. The van der Waals surface area contributed by atoms with Crippen molar-refractivity contribution in [1.82, 2.24) is 4.98 Å². The van der Waals surface area contributed by atoms with Crippen molar-refractivity contribution in [3.63, 3.8) is 0 Å². The van der Waals surface area contributed by atoms with Gasteiger partial charge in [0.25, 0.3) is 0 Å². The molecule has 1 heterocycles. The van der Waals surface area contributed by atoms with E-state index in [4.69, 9.17) is 0 Å². The average Bonchev–Trinajstić information content (AvgIpc) is 2.34. The number of nitrogens with zero attached hydrogens (tertiary/aromatic N) is 3. The number of rotatable bonds is 2. The molecule has 0 aromatic carbocycles. The van der Waals surface area contributed by atoms with E-state index in [-0.39, 0.29) is 0 Å². The van der Waals surface area contributed by atoms with Crippen LogP contribution in [0.2, 0.25) is 0 Å². The molecule has 0 unspecified atom stereocenters. The molecule has 0 aliphatic rings. The van der Waals surface area contributed by atoms with Gasteiger partial charge in [-0.15, -0.1) is 0 Å². The Morgan fingerprint density at radius 1 is 1.53 bits per heavy atom. The number of anilines is 1. The number of aromatic nitrogens is 1. The van der Waals surface area contributed by atoms with E-state index in [2.05, 4.69) is 35.7 Å². The Hall–Kier alpha value is -1.82. The number of hydrogen-bond donors (Lipinski definition) is 0. The summed E-state index contributed by atoms with van der Waals surface area (Å²) >= 11 is 0. The minimum atomic E-state index is 0.736. The highest BCUT2D eigenvalue weighted by Crippen LogP contribution is 2.20. The van der Waals surface area contributed by atoms with Gasteiger partial charge in [-0.05, 0) is 43.4 Å². The molecule has 1 rings (SSSR count). The highest BCUT2D eigenvalue weighted by atomic mass is 15.2. The van der Waals surface area contributed by atoms with Crippen molar-refractivity contribution < 1.29 is 0 Å². The van der Waals surface area contributed by atoms with E-state index in [1.807, 2.05) is 31.1 Å². The highest BCUT2D eigenvalue weighted by molar-refractivity contribution is 6.09. The van der Waals surface area contributed by atoms with Gasteiger partial charge in [-0.25, -0.2) is 4.98 Å². The normalized spacial score (nSPS) is 10.8. The van der Waals surface area contributed by atoms with Crippen LogP contribution < -0.4 is 4.90 Å². The van der Waals surface area contributed by atoms with Gasteiger partial charge in [0.05, 0.1) is 0 Å². The van der Waals surface area contributed by atoms with Crippen LogP contribution in [0.15, 0.2) is 17.3 Å². The summed E-state index contributed by atoms with van der Waals surface area (Å²) in [4.78, 5) is 10.6. The van der Waals surface area contributed by atoms with Crippen LogP contribution in [-0.2, 0) is 6.42 Å². The van der Waals surface area contributed by atoms with Gasteiger partial charge < -0.3 is 4.90 Å². The van der Waals surface area contributed by atoms with Gasteiger partial charge in [-0.3, -0.25) is 4.99 Å². The molecule has 90 valence electrons. The van der Waals surface area contributed by atoms with Crippen LogP contribution >= 0.6 is 0 Å². The zero-order valence-corrected chi connectivity index (χ0v) is 11.2. The molecule has 0 N–H and O–H groups in total. The SMILES string of the molecule is CC#CC(=NC)N(C)c1nccc(C)c1CC. The molecule has 0 aliphatic heterocycles. The maximum Gasteiger partial charge on any atom is 0.181 e. The summed E-state index contributed by atoms with van der Waals surface area (Å²) in [6.07, 6.45) is 2.78. The van der Waals surface area contributed by atoms with Gasteiger partial charge in [0.2, 0.25) is 0 Å². The Bertz CT molecular complexity index is 478. The first-order valence-electron chi connectivity index (χ1n) is 5.73. The van der Waals surface area contributed by atoms with E-state index in [0.29, 0.717) is 0 Å². The lowest BCUT2D eigenvalue weighted by molar-refractivity contribution is 1.03. The summed E-state index contributed by atoms with van der Waals surface area (Å²) in [6, 6.07) is 2.03. The van der Waals surface area contributed by atoms with Gasteiger partial charge in [-0.1, -0.05) is 12.8 Å². The molecular formula is C14H19N3. The summed E-state index contributed by atoms with van der Waals surface area (Å²) in [6.45, 7) is 6.05. The van der Waals surface area contributed by atoms with E-state index in [9.17, 15) is 0 Å². The second-order valence-corrected chi connectivity index (χ2v) is 3.76. The molecule has 0 atom stereocenters. The molecule has 0 fully saturated rings. The third kappa shape index (κ3) is 2.85. The number of aliphatic imine (C=N–C) groups is 1. The molecule has 0 saturated carbocycles. The predicted octanol–water partition coefficient (Wildman–Crippen LogP) is 2.44. The summed E-state index contributed by atoms with van der Waals surface area (Å²) in [5, 5.41) is 0.